The number of nitrogens with one attached hydrogen (secondary N) is 2. The highest BCUT2D eigenvalue weighted by Gasteiger charge is 1.77. The minimum absolute atomic E-state index is 0.667. The first-order valence-electron chi connectivity index (χ1n) is 3.91. The average molecular weight is 158 g/mol. The summed E-state index contributed by atoms with van der Waals surface area (Å²) in [5.74, 6) is 0. The van der Waals surface area contributed by atoms with Crippen molar-refractivity contribution in [2.45, 2.75) is 0 Å². The average Bonchev–Trinajstić information content (AvgIpc) is 2.03. The second kappa shape index (κ2) is 9.42. The maximum atomic E-state index is 5.27. The molecule has 0 saturated heterocycles. The maximum absolute atomic E-state index is 5.27. The van der Waals surface area contributed by atoms with Gasteiger partial charge in [-0.1, -0.05) is 6.08 Å². The van der Waals surface area contributed by atoms with Crippen LogP contribution in [0.25, 0.3) is 0 Å². The highest BCUT2D eigenvalue weighted by Crippen LogP contribution is 1.64. The Morgan fingerprint density at radius 3 is 2.45 bits per heavy atom. The van der Waals surface area contributed by atoms with Crippen molar-refractivity contribution in [1.29, 1.82) is 0 Å². The van der Waals surface area contributed by atoms with E-state index < -0.39 is 0 Å². The highest BCUT2D eigenvalue weighted by molar-refractivity contribution is 4.81. The predicted octanol–water partition coefficient (Wildman–Crippen LogP) is -1.40. The van der Waals surface area contributed by atoms with Crippen molar-refractivity contribution in [3.8, 4) is 0 Å². The van der Waals surface area contributed by atoms with Gasteiger partial charge in [0.1, 0.15) is 0 Å². The molecular weight excluding hydrogens is 140 g/mol. The van der Waals surface area contributed by atoms with Crippen molar-refractivity contribution in [3.63, 3.8) is 0 Å². The van der Waals surface area contributed by atoms with E-state index in [9.17, 15) is 0 Å². The minimum atomic E-state index is 0.667. The molecule has 0 aromatic heterocycles. The SMILES string of the molecule is NCCNC=CCNCCN. The first kappa shape index (κ1) is 10.4. The molecule has 0 amide bonds. The number of rotatable bonds is 7. The third kappa shape index (κ3) is 9.42. The van der Waals surface area contributed by atoms with Crippen molar-refractivity contribution >= 4 is 0 Å². The fourth-order valence-electron chi connectivity index (χ4n) is 0.596. The molecule has 0 aliphatic rings. The van der Waals surface area contributed by atoms with E-state index in [-0.39, 0.29) is 0 Å². The first-order chi connectivity index (χ1) is 5.41. The van der Waals surface area contributed by atoms with E-state index in [1.807, 2.05) is 12.3 Å². The Bertz CT molecular complexity index is 92.4. The van der Waals surface area contributed by atoms with Gasteiger partial charge in [0.15, 0.2) is 0 Å². The minimum Gasteiger partial charge on any atom is -0.390 e. The van der Waals surface area contributed by atoms with Crippen LogP contribution in [0, 0.1) is 0 Å². The molecule has 4 heteroatoms. The van der Waals surface area contributed by atoms with E-state index in [0.717, 1.165) is 19.6 Å². The molecule has 0 saturated carbocycles. The number of hydrogen-bond donors (Lipinski definition) is 4. The van der Waals surface area contributed by atoms with Crippen LogP contribution in [0.5, 0.6) is 0 Å². The lowest BCUT2D eigenvalue weighted by molar-refractivity contribution is 0.748. The fraction of sp³-hybridized carbons (Fsp3) is 0.714. The summed E-state index contributed by atoms with van der Waals surface area (Å²) < 4.78 is 0. The second-order valence-corrected chi connectivity index (χ2v) is 2.14. The van der Waals surface area contributed by atoms with E-state index in [0.29, 0.717) is 13.1 Å². The van der Waals surface area contributed by atoms with Gasteiger partial charge >= 0.3 is 0 Å². The Balaban J connectivity index is 2.91. The van der Waals surface area contributed by atoms with Crippen molar-refractivity contribution in [3.05, 3.63) is 12.3 Å². The Hall–Kier alpha value is -0.580. The van der Waals surface area contributed by atoms with Gasteiger partial charge in [-0.25, -0.2) is 0 Å². The molecule has 11 heavy (non-hydrogen) atoms. The molecule has 0 aromatic carbocycles. The van der Waals surface area contributed by atoms with E-state index in [2.05, 4.69) is 10.6 Å². The van der Waals surface area contributed by atoms with Gasteiger partial charge in [0.05, 0.1) is 0 Å². The predicted molar refractivity (Wildman–Crippen MR) is 48.1 cm³/mol. The maximum Gasteiger partial charge on any atom is 0.0264 e. The molecule has 0 aliphatic carbocycles. The van der Waals surface area contributed by atoms with Crippen LogP contribution < -0.4 is 22.1 Å². The monoisotopic (exact) mass is 158 g/mol. The van der Waals surface area contributed by atoms with Crippen LogP contribution in [-0.4, -0.2) is 32.7 Å². The molecule has 0 aliphatic heterocycles. The van der Waals surface area contributed by atoms with Gasteiger partial charge in [0.2, 0.25) is 0 Å². The lowest BCUT2D eigenvalue weighted by Crippen LogP contribution is -2.23. The fourth-order valence-corrected chi connectivity index (χ4v) is 0.596. The largest absolute Gasteiger partial charge is 0.390 e. The summed E-state index contributed by atoms with van der Waals surface area (Å²) in [7, 11) is 0. The van der Waals surface area contributed by atoms with Crippen molar-refractivity contribution in [1.82, 2.24) is 10.6 Å². The van der Waals surface area contributed by atoms with Crippen molar-refractivity contribution < 1.29 is 0 Å². The molecule has 0 bridgehead atoms. The zero-order chi connectivity index (χ0) is 8.36. The molecule has 0 radical (unpaired) electrons. The summed E-state index contributed by atoms with van der Waals surface area (Å²) in [5, 5.41) is 6.16. The third-order valence-electron chi connectivity index (χ3n) is 1.11. The smallest absolute Gasteiger partial charge is 0.0264 e. The van der Waals surface area contributed by atoms with Crippen LogP contribution in [0.3, 0.4) is 0 Å². The summed E-state index contributed by atoms with van der Waals surface area (Å²) in [4.78, 5) is 0. The summed E-state index contributed by atoms with van der Waals surface area (Å²) in [6, 6.07) is 0. The molecule has 66 valence electrons. The van der Waals surface area contributed by atoms with E-state index in [1.165, 1.54) is 0 Å². The van der Waals surface area contributed by atoms with Gasteiger partial charge in [-0.3, -0.25) is 0 Å². The molecule has 0 rings (SSSR count). The van der Waals surface area contributed by atoms with Gasteiger partial charge < -0.3 is 22.1 Å². The topological polar surface area (TPSA) is 76.1 Å². The standard InChI is InChI=1S/C7H18N4/c8-2-6-10-4-1-5-11-7-3-9/h1,4,10-11H,2-3,5-9H2. The van der Waals surface area contributed by atoms with Gasteiger partial charge in [-0.15, -0.1) is 0 Å². The Morgan fingerprint density at radius 1 is 1.09 bits per heavy atom. The van der Waals surface area contributed by atoms with Crippen LogP contribution in [0.1, 0.15) is 0 Å². The highest BCUT2D eigenvalue weighted by atomic mass is 14.9. The van der Waals surface area contributed by atoms with Crippen LogP contribution in [0.2, 0.25) is 0 Å². The van der Waals surface area contributed by atoms with Crippen molar-refractivity contribution in [2.75, 3.05) is 32.7 Å². The Kier molecular flexibility index (Phi) is 8.92. The molecule has 0 atom stereocenters. The number of nitrogens with two attached hydrogens (primary N) is 2. The van der Waals surface area contributed by atoms with Gasteiger partial charge in [-0.2, -0.15) is 0 Å². The molecule has 6 N–H and O–H groups in total. The van der Waals surface area contributed by atoms with Crippen LogP contribution in [0.15, 0.2) is 12.3 Å². The van der Waals surface area contributed by atoms with E-state index in [1.54, 1.807) is 0 Å². The lowest BCUT2D eigenvalue weighted by atomic mass is 10.5. The van der Waals surface area contributed by atoms with Crippen LogP contribution in [-0.2, 0) is 0 Å². The first-order valence-corrected chi connectivity index (χ1v) is 3.91. The molecule has 0 spiro atoms. The molecule has 4 nitrogen and oxygen atoms in total. The third-order valence-corrected chi connectivity index (χ3v) is 1.11. The zero-order valence-corrected chi connectivity index (χ0v) is 6.84. The number of hydrogen-bond acceptors (Lipinski definition) is 4. The normalized spacial score (nSPS) is 10.7. The zero-order valence-electron chi connectivity index (χ0n) is 6.84. The van der Waals surface area contributed by atoms with Crippen molar-refractivity contribution in [2.24, 2.45) is 11.5 Å². The molecule has 0 aromatic rings. The Morgan fingerprint density at radius 2 is 1.82 bits per heavy atom. The van der Waals surface area contributed by atoms with Crippen LogP contribution in [0.4, 0.5) is 0 Å². The van der Waals surface area contributed by atoms with E-state index >= 15 is 0 Å². The molecular formula is C7H18N4. The van der Waals surface area contributed by atoms with E-state index in [4.69, 9.17) is 11.5 Å². The molecule has 0 fully saturated rings. The molecule has 0 unspecified atom stereocenters. The van der Waals surface area contributed by atoms with Gasteiger partial charge in [0, 0.05) is 32.7 Å². The molecule has 0 heterocycles. The summed E-state index contributed by atoms with van der Waals surface area (Å²) in [6.07, 6.45) is 3.90. The summed E-state index contributed by atoms with van der Waals surface area (Å²) >= 11 is 0. The van der Waals surface area contributed by atoms with Gasteiger partial charge in [0.25, 0.3) is 0 Å². The summed E-state index contributed by atoms with van der Waals surface area (Å²) in [5.41, 5.74) is 10.5. The lowest BCUT2D eigenvalue weighted by Gasteiger charge is -1.97. The summed E-state index contributed by atoms with van der Waals surface area (Å²) in [6.45, 7) is 3.90. The van der Waals surface area contributed by atoms with Crippen LogP contribution >= 0.6 is 0 Å². The quantitative estimate of drug-likeness (QED) is 0.344. The van der Waals surface area contributed by atoms with Gasteiger partial charge in [-0.05, 0) is 6.20 Å². The second-order valence-electron chi connectivity index (χ2n) is 2.14. The Labute approximate surface area is 68.0 Å².